The highest BCUT2D eigenvalue weighted by Crippen LogP contribution is 2.31. The highest BCUT2D eigenvalue weighted by atomic mass is 35.5. The lowest BCUT2D eigenvalue weighted by molar-refractivity contribution is 0.357. The fraction of sp³-hybridized carbons (Fsp3) is 0.538. The van der Waals surface area contributed by atoms with Crippen LogP contribution in [0.3, 0.4) is 0 Å². The molecule has 0 bridgehead atoms. The molecule has 0 nitrogen and oxygen atoms in total. The first-order valence-electron chi connectivity index (χ1n) is 5.73. The Morgan fingerprint density at radius 1 is 1.31 bits per heavy atom. The van der Waals surface area contributed by atoms with E-state index in [0.717, 1.165) is 37.7 Å². The highest BCUT2D eigenvalue weighted by molar-refractivity contribution is 6.30. The summed E-state index contributed by atoms with van der Waals surface area (Å²) in [4.78, 5) is 0. The molecule has 1 aliphatic rings. The second-order valence-electron chi connectivity index (χ2n) is 4.55. The molecule has 2 atom stereocenters. The Kier molecular flexibility index (Phi) is 4.10. The van der Waals surface area contributed by atoms with Crippen molar-refractivity contribution in [3.63, 3.8) is 0 Å². The lowest BCUT2D eigenvalue weighted by Crippen LogP contribution is -2.17. The summed E-state index contributed by atoms with van der Waals surface area (Å²) in [6.45, 7) is 0. The third kappa shape index (κ3) is 2.89. The molecule has 3 heteroatoms. The molecule has 0 aromatic heterocycles. The van der Waals surface area contributed by atoms with Crippen molar-refractivity contribution in [2.75, 3.05) is 0 Å². The first-order chi connectivity index (χ1) is 7.66. The second kappa shape index (κ2) is 5.37. The molecule has 2 rings (SSSR count). The quantitative estimate of drug-likeness (QED) is 0.669. The maximum atomic E-state index is 13.7. The standard InChI is InChI=1S/C13H15Cl2F/c14-11-5-1-3-9(8-11)7-10-4-2-6-12(15)13(10)16/h2,4,6,9,11H,1,3,5,7-8H2. The molecule has 1 aromatic rings. The molecule has 1 fully saturated rings. The summed E-state index contributed by atoms with van der Waals surface area (Å²) in [5.74, 6) is 0.241. The van der Waals surface area contributed by atoms with Crippen molar-refractivity contribution in [3.8, 4) is 0 Å². The zero-order valence-corrected chi connectivity index (χ0v) is 10.6. The summed E-state index contributed by atoms with van der Waals surface area (Å²) in [6, 6.07) is 5.21. The summed E-state index contributed by atoms with van der Waals surface area (Å²) in [5, 5.41) is 0.483. The van der Waals surface area contributed by atoms with Crippen LogP contribution in [0, 0.1) is 11.7 Å². The second-order valence-corrected chi connectivity index (χ2v) is 5.57. The van der Waals surface area contributed by atoms with E-state index in [4.69, 9.17) is 23.2 Å². The predicted molar refractivity (Wildman–Crippen MR) is 66.7 cm³/mol. The molecule has 88 valence electrons. The lowest BCUT2D eigenvalue weighted by Gasteiger charge is -2.25. The van der Waals surface area contributed by atoms with Crippen LogP contribution >= 0.6 is 23.2 Å². The SMILES string of the molecule is Fc1c(Cl)cccc1CC1CCCC(Cl)C1. The van der Waals surface area contributed by atoms with Gasteiger partial charge in [0.25, 0.3) is 0 Å². The van der Waals surface area contributed by atoms with Crippen molar-refractivity contribution in [3.05, 3.63) is 34.6 Å². The number of hydrogen-bond acceptors (Lipinski definition) is 0. The van der Waals surface area contributed by atoms with Gasteiger partial charge in [-0.15, -0.1) is 11.6 Å². The third-order valence-electron chi connectivity index (χ3n) is 3.26. The molecule has 0 amide bonds. The van der Waals surface area contributed by atoms with Gasteiger partial charge in [-0.1, -0.05) is 36.6 Å². The number of alkyl halides is 1. The maximum absolute atomic E-state index is 13.7. The number of halogens is 3. The predicted octanol–water partition coefficient (Wildman–Crippen LogP) is 4.82. The van der Waals surface area contributed by atoms with Crippen molar-refractivity contribution >= 4 is 23.2 Å². The molecule has 0 spiro atoms. The van der Waals surface area contributed by atoms with Crippen LogP contribution in [0.15, 0.2) is 18.2 Å². The monoisotopic (exact) mass is 260 g/mol. The van der Waals surface area contributed by atoms with E-state index in [0.29, 0.717) is 5.92 Å². The van der Waals surface area contributed by atoms with E-state index >= 15 is 0 Å². The van der Waals surface area contributed by atoms with Crippen LogP contribution in [0.4, 0.5) is 4.39 Å². The average Bonchev–Trinajstić information content (AvgIpc) is 2.25. The minimum atomic E-state index is -0.263. The van der Waals surface area contributed by atoms with Gasteiger partial charge in [0.2, 0.25) is 0 Å². The van der Waals surface area contributed by atoms with Gasteiger partial charge in [0.15, 0.2) is 0 Å². The van der Waals surface area contributed by atoms with E-state index in [1.165, 1.54) is 0 Å². The van der Waals surface area contributed by atoms with E-state index in [-0.39, 0.29) is 16.2 Å². The van der Waals surface area contributed by atoms with E-state index in [1.54, 1.807) is 6.07 Å². The van der Waals surface area contributed by atoms with E-state index < -0.39 is 0 Å². The Morgan fingerprint density at radius 2 is 2.12 bits per heavy atom. The normalized spacial score (nSPS) is 25.7. The van der Waals surface area contributed by atoms with Crippen LogP contribution in [-0.2, 0) is 6.42 Å². The Bertz CT molecular complexity index is 365. The van der Waals surface area contributed by atoms with Crippen molar-refractivity contribution < 1.29 is 4.39 Å². The van der Waals surface area contributed by atoms with Crippen LogP contribution in [-0.4, -0.2) is 5.38 Å². The van der Waals surface area contributed by atoms with Gasteiger partial charge >= 0.3 is 0 Å². The summed E-state index contributed by atoms with van der Waals surface area (Å²) in [5.41, 5.74) is 0.725. The molecular formula is C13H15Cl2F. The minimum absolute atomic E-state index is 0.218. The Hall–Kier alpha value is -0.270. The van der Waals surface area contributed by atoms with Gasteiger partial charge in [-0.05, 0) is 36.8 Å². The molecule has 0 saturated heterocycles. The first kappa shape index (κ1) is 12.2. The number of hydrogen-bond donors (Lipinski definition) is 0. The molecule has 16 heavy (non-hydrogen) atoms. The van der Waals surface area contributed by atoms with Gasteiger partial charge in [0, 0.05) is 5.38 Å². The van der Waals surface area contributed by atoms with Gasteiger partial charge < -0.3 is 0 Å². The van der Waals surface area contributed by atoms with E-state index in [2.05, 4.69) is 0 Å². The molecule has 0 radical (unpaired) electrons. The van der Waals surface area contributed by atoms with E-state index in [9.17, 15) is 4.39 Å². The number of benzene rings is 1. The maximum Gasteiger partial charge on any atom is 0.144 e. The van der Waals surface area contributed by atoms with Crippen LogP contribution in [0.25, 0.3) is 0 Å². The Balaban J connectivity index is 2.05. The summed E-state index contributed by atoms with van der Waals surface area (Å²) < 4.78 is 13.7. The Morgan fingerprint density at radius 3 is 2.88 bits per heavy atom. The van der Waals surface area contributed by atoms with Crippen LogP contribution in [0.1, 0.15) is 31.2 Å². The van der Waals surface area contributed by atoms with Crippen LogP contribution in [0.2, 0.25) is 5.02 Å². The number of rotatable bonds is 2. The molecule has 0 aliphatic heterocycles. The lowest BCUT2D eigenvalue weighted by atomic mass is 9.84. The van der Waals surface area contributed by atoms with Gasteiger partial charge in [0.05, 0.1) is 5.02 Å². The van der Waals surface area contributed by atoms with Gasteiger partial charge in [-0.2, -0.15) is 0 Å². The summed E-state index contributed by atoms with van der Waals surface area (Å²) in [6.07, 6.45) is 5.15. The van der Waals surface area contributed by atoms with Gasteiger partial charge in [-0.25, -0.2) is 4.39 Å². The fourth-order valence-electron chi connectivity index (χ4n) is 2.43. The molecule has 0 heterocycles. The third-order valence-corrected chi connectivity index (χ3v) is 3.95. The molecule has 0 N–H and O–H groups in total. The summed E-state index contributed by atoms with van der Waals surface area (Å²) >= 11 is 11.9. The largest absolute Gasteiger partial charge is 0.205 e. The Labute approximate surface area is 106 Å². The fourth-order valence-corrected chi connectivity index (χ4v) is 3.03. The van der Waals surface area contributed by atoms with Crippen LogP contribution < -0.4 is 0 Å². The summed E-state index contributed by atoms with van der Waals surface area (Å²) in [7, 11) is 0. The van der Waals surface area contributed by atoms with Gasteiger partial charge in [-0.3, -0.25) is 0 Å². The van der Waals surface area contributed by atoms with Crippen molar-refractivity contribution in [1.29, 1.82) is 0 Å². The average molecular weight is 261 g/mol. The zero-order valence-electron chi connectivity index (χ0n) is 9.06. The molecule has 2 unspecified atom stereocenters. The van der Waals surface area contributed by atoms with Crippen molar-refractivity contribution in [1.82, 2.24) is 0 Å². The molecular weight excluding hydrogens is 246 g/mol. The van der Waals surface area contributed by atoms with Gasteiger partial charge in [0.1, 0.15) is 5.82 Å². The van der Waals surface area contributed by atoms with Crippen LogP contribution in [0.5, 0.6) is 0 Å². The minimum Gasteiger partial charge on any atom is -0.205 e. The van der Waals surface area contributed by atoms with E-state index in [1.807, 2.05) is 12.1 Å². The first-order valence-corrected chi connectivity index (χ1v) is 6.55. The molecule has 1 aliphatic carbocycles. The highest BCUT2D eigenvalue weighted by Gasteiger charge is 2.21. The topological polar surface area (TPSA) is 0 Å². The molecule has 1 saturated carbocycles. The zero-order chi connectivity index (χ0) is 11.5. The van der Waals surface area contributed by atoms with Crippen molar-refractivity contribution in [2.24, 2.45) is 5.92 Å². The smallest absolute Gasteiger partial charge is 0.144 e. The van der Waals surface area contributed by atoms with Crippen molar-refractivity contribution in [2.45, 2.75) is 37.5 Å². The molecule has 1 aromatic carbocycles.